The van der Waals surface area contributed by atoms with Gasteiger partial charge in [-0.05, 0) is 19.8 Å². The molecule has 5 nitrogen and oxygen atoms in total. The number of methoxy groups -OCH3 is 1. The van der Waals surface area contributed by atoms with Gasteiger partial charge in [0.1, 0.15) is 23.8 Å². The van der Waals surface area contributed by atoms with Crippen LogP contribution in [-0.2, 0) is 23.8 Å². The molecule has 0 aromatic carbocycles. The molecular formula is C14H22O5. The molecule has 0 aliphatic carbocycles. The summed E-state index contributed by atoms with van der Waals surface area (Å²) in [5.74, 6) is 0.0384. The van der Waals surface area contributed by atoms with E-state index >= 15 is 0 Å². The van der Waals surface area contributed by atoms with Gasteiger partial charge in [0.15, 0.2) is 0 Å². The zero-order valence-electron chi connectivity index (χ0n) is 12.0. The normalized spacial score (nSPS) is 22.5. The highest BCUT2D eigenvalue weighted by atomic mass is 16.6. The van der Waals surface area contributed by atoms with E-state index in [9.17, 15) is 9.59 Å². The summed E-state index contributed by atoms with van der Waals surface area (Å²) in [6, 6.07) is 0. The first kappa shape index (κ1) is 15.5. The van der Waals surface area contributed by atoms with Gasteiger partial charge in [0, 0.05) is 12.8 Å². The molecule has 0 spiro atoms. The van der Waals surface area contributed by atoms with E-state index in [-0.39, 0.29) is 23.8 Å². The Morgan fingerprint density at radius 1 is 1.16 bits per heavy atom. The quantitative estimate of drug-likeness (QED) is 0.693. The Morgan fingerprint density at radius 3 is 2.21 bits per heavy atom. The van der Waals surface area contributed by atoms with E-state index in [1.165, 1.54) is 14.0 Å². The average Bonchev–Trinajstić information content (AvgIpc) is 2.42. The molecule has 0 radical (unpaired) electrons. The molecule has 0 aromatic rings. The second kappa shape index (κ2) is 7.16. The van der Waals surface area contributed by atoms with E-state index in [0.717, 1.165) is 12.8 Å². The lowest BCUT2D eigenvalue weighted by Gasteiger charge is -2.34. The van der Waals surface area contributed by atoms with E-state index in [1.807, 2.05) is 13.8 Å². The molecule has 0 bridgehead atoms. The van der Waals surface area contributed by atoms with Crippen LogP contribution in [0.15, 0.2) is 11.5 Å². The van der Waals surface area contributed by atoms with Crippen LogP contribution < -0.4 is 0 Å². The Morgan fingerprint density at radius 2 is 1.74 bits per heavy atom. The third-order valence-electron chi connectivity index (χ3n) is 3.11. The number of rotatable bonds is 6. The summed E-state index contributed by atoms with van der Waals surface area (Å²) in [5.41, 5.74) is 0. The zero-order chi connectivity index (χ0) is 14.4. The Kier molecular flexibility index (Phi) is 5.86. The van der Waals surface area contributed by atoms with Crippen molar-refractivity contribution in [2.75, 3.05) is 7.11 Å². The number of esters is 1. The fourth-order valence-corrected chi connectivity index (χ4v) is 2.01. The highest BCUT2D eigenvalue weighted by molar-refractivity contribution is 5.87. The molecular weight excluding hydrogens is 248 g/mol. The van der Waals surface area contributed by atoms with E-state index < -0.39 is 5.97 Å². The molecule has 0 unspecified atom stereocenters. The topological polar surface area (TPSA) is 61.8 Å². The second-order valence-corrected chi connectivity index (χ2v) is 4.57. The molecule has 0 N–H and O–H groups in total. The molecule has 19 heavy (non-hydrogen) atoms. The average molecular weight is 270 g/mol. The maximum absolute atomic E-state index is 11.7. The van der Waals surface area contributed by atoms with E-state index in [2.05, 4.69) is 0 Å². The summed E-state index contributed by atoms with van der Waals surface area (Å²) in [6.45, 7) is 5.49. The van der Waals surface area contributed by atoms with Crippen molar-refractivity contribution >= 4 is 11.8 Å². The predicted octanol–water partition coefficient (Wildman–Crippen LogP) is 2.34. The monoisotopic (exact) mass is 270 g/mol. The van der Waals surface area contributed by atoms with Crippen molar-refractivity contribution in [2.45, 2.75) is 58.7 Å². The molecule has 0 fully saturated rings. The van der Waals surface area contributed by atoms with Crippen LogP contribution in [0.25, 0.3) is 0 Å². The number of hydrogen-bond acceptors (Lipinski definition) is 5. The standard InChI is InChI=1S/C14H22O5/c1-5-10-11(6-2)19-13(14(16)17-4)12(18-10)8-7-9(3)15/h10-11H,5-8H2,1-4H3/t10-,11-/m1/s1. The van der Waals surface area contributed by atoms with Crippen molar-refractivity contribution < 1.29 is 23.8 Å². The van der Waals surface area contributed by atoms with Crippen LogP contribution in [-0.4, -0.2) is 31.1 Å². The maximum atomic E-state index is 11.7. The van der Waals surface area contributed by atoms with E-state index in [4.69, 9.17) is 14.2 Å². The molecule has 0 aromatic heterocycles. The largest absolute Gasteiger partial charge is 0.487 e. The summed E-state index contributed by atoms with van der Waals surface area (Å²) in [6.07, 6.45) is 2.00. The number of hydrogen-bond donors (Lipinski definition) is 0. The van der Waals surface area contributed by atoms with Gasteiger partial charge in [-0.2, -0.15) is 0 Å². The van der Waals surface area contributed by atoms with Gasteiger partial charge in [-0.3, -0.25) is 0 Å². The minimum atomic E-state index is -0.549. The van der Waals surface area contributed by atoms with Gasteiger partial charge < -0.3 is 19.0 Å². The van der Waals surface area contributed by atoms with Crippen molar-refractivity contribution in [2.24, 2.45) is 0 Å². The van der Waals surface area contributed by atoms with Gasteiger partial charge in [0.25, 0.3) is 0 Å². The molecule has 2 atom stereocenters. The van der Waals surface area contributed by atoms with E-state index in [0.29, 0.717) is 18.6 Å². The van der Waals surface area contributed by atoms with Gasteiger partial charge in [-0.1, -0.05) is 13.8 Å². The maximum Gasteiger partial charge on any atom is 0.376 e. The van der Waals surface area contributed by atoms with Crippen LogP contribution in [0.4, 0.5) is 0 Å². The van der Waals surface area contributed by atoms with Crippen LogP contribution in [0.3, 0.4) is 0 Å². The van der Waals surface area contributed by atoms with Crippen LogP contribution in [0.2, 0.25) is 0 Å². The third-order valence-corrected chi connectivity index (χ3v) is 3.11. The second-order valence-electron chi connectivity index (χ2n) is 4.57. The summed E-state index contributed by atoms with van der Waals surface area (Å²) < 4.78 is 16.2. The molecule has 0 saturated carbocycles. The predicted molar refractivity (Wildman–Crippen MR) is 69.3 cm³/mol. The smallest absolute Gasteiger partial charge is 0.376 e. The SMILES string of the molecule is CC[C@H]1OC(CCC(C)=O)=C(C(=O)OC)O[C@@H]1CC. The zero-order valence-corrected chi connectivity index (χ0v) is 12.0. The number of carbonyl (C=O) groups excluding carboxylic acids is 2. The summed E-state index contributed by atoms with van der Waals surface area (Å²) >= 11 is 0. The lowest BCUT2D eigenvalue weighted by molar-refractivity contribution is -0.148. The van der Waals surface area contributed by atoms with Crippen LogP contribution in [0.5, 0.6) is 0 Å². The molecule has 5 heteroatoms. The van der Waals surface area contributed by atoms with Crippen molar-refractivity contribution in [3.05, 3.63) is 11.5 Å². The van der Waals surface area contributed by atoms with E-state index in [1.54, 1.807) is 0 Å². The number of ketones is 1. The number of ether oxygens (including phenoxy) is 3. The Balaban J connectivity index is 2.95. The van der Waals surface area contributed by atoms with Crippen LogP contribution >= 0.6 is 0 Å². The minimum Gasteiger partial charge on any atom is -0.487 e. The van der Waals surface area contributed by atoms with Gasteiger partial charge >= 0.3 is 5.97 Å². The first-order chi connectivity index (χ1) is 9.03. The molecule has 0 saturated heterocycles. The highest BCUT2D eigenvalue weighted by Crippen LogP contribution is 2.29. The third kappa shape index (κ3) is 3.98. The number of carbonyl (C=O) groups is 2. The van der Waals surface area contributed by atoms with Crippen molar-refractivity contribution in [3.8, 4) is 0 Å². The number of Topliss-reactive ketones (excluding diaryl/α,β-unsaturated/α-hetero) is 1. The first-order valence-electron chi connectivity index (χ1n) is 6.67. The van der Waals surface area contributed by atoms with Gasteiger partial charge in [0.2, 0.25) is 5.76 Å². The molecule has 1 aliphatic rings. The molecule has 1 heterocycles. The lowest BCUT2D eigenvalue weighted by Crippen LogP contribution is -2.37. The molecule has 108 valence electrons. The Bertz CT molecular complexity index is 372. The summed E-state index contributed by atoms with van der Waals surface area (Å²) in [4.78, 5) is 22.8. The van der Waals surface area contributed by atoms with Crippen molar-refractivity contribution in [3.63, 3.8) is 0 Å². The molecule has 1 aliphatic heterocycles. The lowest BCUT2D eigenvalue weighted by atomic mass is 10.1. The van der Waals surface area contributed by atoms with Crippen molar-refractivity contribution in [1.29, 1.82) is 0 Å². The van der Waals surface area contributed by atoms with Gasteiger partial charge in [-0.15, -0.1) is 0 Å². The summed E-state index contributed by atoms with van der Waals surface area (Å²) in [7, 11) is 1.30. The Labute approximate surface area is 113 Å². The fraction of sp³-hybridized carbons (Fsp3) is 0.714. The van der Waals surface area contributed by atoms with Gasteiger partial charge in [-0.25, -0.2) is 4.79 Å². The fourth-order valence-electron chi connectivity index (χ4n) is 2.01. The minimum absolute atomic E-state index is 0.0472. The molecule has 1 rings (SSSR count). The van der Waals surface area contributed by atoms with Crippen LogP contribution in [0, 0.1) is 0 Å². The number of allylic oxidation sites excluding steroid dienone is 1. The highest BCUT2D eigenvalue weighted by Gasteiger charge is 2.34. The Hall–Kier alpha value is -1.52. The summed E-state index contributed by atoms with van der Waals surface area (Å²) in [5, 5.41) is 0. The van der Waals surface area contributed by atoms with Crippen molar-refractivity contribution in [1.82, 2.24) is 0 Å². The van der Waals surface area contributed by atoms with Crippen LogP contribution in [0.1, 0.15) is 46.5 Å². The first-order valence-corrected chi connectivity index (χ1v) is 6.67. The molecule has 0 amide bonds. The van der Waals surface area contributed by atoms with Gasteiger partial charge in [0.05, 0.1) is 7.11 Å².